The third-order valence-electron chi connectivity index (χ3n) is 4.30. The highest BCUT2D eigenvalue weighted by atomic mass is 16.2. The van der Waals surface area contributed by atoms with E-state index in [4.69, 9.17) is 0 Å². The fourth-order valence-corrected chi connectivity index (χ4v) is 3.00. The van der Waals surface area contributed by atoms with E-state index in [0.29, 0.717) is 11.1 Å². The van der Waals surface area contributed by atoms with Gasteiger partial charge in [-0.05, 0) is 29.8 Å². The summed E-state index contributed by atoms with van der Waals surface area (Å²) >= 11 is 0. The number of carbonyl (C=O) groups excluding carboxylic acids is 2. The summed E-state index contributed by atoms with van der Waals surface area (Å²) in [5, 5.41) is 4.70. The van der Waals surface area contributed by atoms with Gasteiger partial charge in [-0.15, -0.1) is 0 Å². The molecule has 4 rings (SSSR count). The molecule has 128 valence electrons. The van der Waals surface area contributed by atoms with Crippen molar-refractivity contribution in [2.45, 2.75) is 6.17 Å². The van der Waals surface area contributed by atoms with Crippen LogP contribution in [-0.4, -0.2) is 16.8 Å². The molecule has 26 heavy (non-hydrogen) atoms. The third-order valence-corrected chi connectivity index (χ3v) is 4.30. The van der Waals surface area contributed by atoms with E-state index in [1.54, 1.807) is 36.4 Å². The Balaban J connectivity index is 1.71. The average Bonchev–Trinajstić information content (AvgIpc) is 2.71. The third kappa shape index (κ3) is 2.91. The van der Waals surface area contributed by atoms with Crippen LogP contribution in [0, 0.1) is 0 Å². The number of hydrogen-bond acceptors (Lipinski definition) is 3. The largest absolute Gasteiger partial charge is 0.359 e. The number of carbonyl (C=O) groups is 2. The summed E-state index contributed by atoms with van der Waals surface area (Å²) in [7, 11) is 0. The minimum absolute atomic E-state index is 0.252. The van der Waals surface area contributed by atoms with Gasteiger partial charge in [0.15, 0.2) is 0 Å². The molecule has 0 aromatic heterocycles. The molecule has 1 aliphatic rings. The monoisotopic (exact) mass is 343 g/mol. The van der Waals surface area contributed by atoms with Gasteiger partial charge in [0.2, 0.25) is 0 Å². The van der Waals surface area contributed by atoms with E-state index in [9.17, 15) is 9.59 Å². The second-order valence-corrected chi connectivity index (χ2v) is 5.99. The maximum Gasteiger partial charge on any atom is 0.276 e. The molecule has 2 amide bonds. The van der Waals surface area contributed by atoms with E-state index >= 15 is 0 Å². The van der Waals surface area contributed by atoms with Gasteiger partial charge in [0.25, 0.3) is 11.8 Å². The fourth-order valence-electron chi connectivity index (χ4n) is 3.00. The Morgan fingerprint density at radius 2 is 1.46 bits per heavy atom. The van der Waals surface area contributed by atoms with Gasteiger partial charge < -0.3 is 5.32 Å². The summed E-state index contributed by atoms with van der Waals surface area (Å²) < 4.78 is 0. The molecular weight excluding hydrogens is 326 g/mol. The van der Waals surface area contributed by atoms with Crippen molar-refractivity contribution in [1.82, 2.24) is 10.4 Å². The number of nitrogens with zero attached hydrogens (tertiary/aromatic N) is 1. The first-order valence-corrected chi connectivity index (χ1v) is 8.34. The second kappa shape index (κ2) is 6.72. The molecule has 5 heteroatoms. The zero-order valence-corrected chi connectivity index (χ0v) is 13.9. The zero-order chi connectivity index (χ0) is 17.9. The first kappa shape index (κ1) is 15.9. The van der Waals surface area contributed by atoms with Crippen molar-refractivity contribution in [1.29, 1.82) is 0 Å². The fraction of sp³-hybridized carbons (Fsp3) is 0.0476. The summed E-state index contributed by atoms with van der Waals surface area (Å²) in [5.74, 6) is -0.585. The first-order valence-electron chi connectivity index (χ1n) is 8.34. The lowest BCUT2D eigenvalue weighted by atomic mass is 10.0. The van der Waals surface area contributed by atoms with E-state index in [1.807, 2.05) is 48.5 Å². The molecule has 5 nitrogen and oxygen atoms in total. The van der Waals surface area contributed by atoms with E-state index in [0.717, 1.165) is 11.3 Å². The quantitative estimate of drug-likeness (QED) is 0.764. The van der Waals surface area contributed by atoms with E-state index in [1.165, 1.54) is 5.01 Å². The number of hydrazine groups is 1. The number of amides is 2. The van der Waals surface area contributed by atoms with Crippen molar-refractivity contribution in [2.24, 2.45) is 0 Å². The Bertz CT molecular complexity index is 942. The van der Waals surface area contributed by atoms with E-state index < -0.39 is 6.17 Å². The van der Waals surface area contributed by atoms with Gasteiger partial charge in [-0.3, -0.25) is 15.0 Å². The number of anilines is 1. The highest BCUT2D eigenvalue weighted by molar-refractivity contribution is 6.03. The van der Waals surface area contributed by atoms with E-state index in [2.05, 4.69) is 10.7 Å². The molecule has 0 aliphatic carbocycles. The summed E-state index contributed by atoms with van der Waals surface area (Å²) in [6.07, 6.45) is -0.494. The molecule has 3 aromatic rings. The van der Waals surface area contributed by atoms with Gasteiger partial charge in [0.05, 0.1) is 5.56 Å². The zero-order valence-electron chi connectivity index (χ0n) is 13.9. The van der Waals surface area contributed by atoms with E-state index in [-0.39, 0.29) is 11.8 Å². The van der Waals surface area contributed by atoms with Crippen LogP contribution in [0.3, 0.4) is 0 Å². The molecule has 0 spiro atoms. The van der Waals surface area contributed by atoms with Crippen molar-refractivity contribution < 1.29 is 9.59 Å². The van der Waals surface area contributed by atoms with Crippen molar-refractivity contribution in [3.05, 3.63) is 102 Å². The lowest BCUT2D eigenvalue weighted by molar-refractivity contribution is 0.0491. The maximum absolute atomic E-state index is 13.0. The number of benzene rings is 3. The van der Waals surface area contributed by atoms with Crippen molar-refractivity contribution in [3.8, 4) is 0 Å². The van der Waals surface area contributed by atoms with Crippen LogP contribution >= 0.6 is 0 Å². The molecule has 1 heterocycles. The molecule has 0 unspecified atom stereocenters. The molecular formula is C21H17N3O2. The van der Waals surface area contributed by atoms with Gasteiger partial charge in [-0.25, -0.2) is 5.01 Å². The second-order valence-electron chi connectivity index (χ2n) is 5.99. The normalized spacial score (nSPS) is 15.8. The Morgan fingerprint density at radius 1 is 0.846 bits per heavy atom. The average molecular weight is 343 g/mol. The number of para-hydroxylation sites is 1. The molecule has 0 saturated carbocycles. The highest BCUT2D eigenvalue weighted by Gasteiger charge is 2.34. The predicted octanol–water partition coefficient (Wildman–Crippen LogP) is 3.60. The molecule has 0 bridgehead atoms. The van der Waals surface area contributed by atoms with Crippen LogP contribution in [0.2, 0.25) is 0 Å². The van der Waals surface area contributed by atoms with Gasteiger partial charge >= 0.3 is 0 Å². The molecule has 1 atom stereocenters. The minimum Gasteiger partial charge on any atom is -0.359 e. The standard InChI is InChI=1S/C21H17N3O2/c25-20(16-11-5-2-6-12-16)23-24-19(15-9-3-1-4-10-15)22-18-14-8-7-13-17(18)21(24)26/h1-14,19,22H,(H,23,25)/t19-/m1/s1. The SMILES string of the molecule is O=C(NN1C(=O)c2ccccc2N[C@H]1c1ccccc1)c1ccccc1. The van der Waals surface area contributed by atoms with Crippen LogP contribution < -0.4 is 10.7 Å². The molecule has 2 N–H and O–H groups in total. The lowest BCUT2D eigenvalue weighted by Crippen LogP contribution is -2.52. The van der Waals surface area contributed by atoms with Crippen LogP contribution in [-0.2, 0) is 0 Å². The molecule has 0 radical (unpaired) electrons. The van der Waals surface area contributed by atoms with Crippen molar-refractivity contribution in [3.63, 3.8) is 0 Å². The Kier molecular flexibility index (Phi) is 4.11. The molecule has 0 fully saturated rings. The summed E-state index contributed by atoms with van der Waals surface area (Å²) in [6.45, 7) is 0. The smallest absolute Gasteiger partial charge is 0.276 e. The minimum atomic E-state index is -0.494. The van der Waals surface area contributed by atoms with Crippen molar-refractivity contribution >= 4 is 17.5 Å². The molecule has 1 aliphatic heterocycles. The number of nitrogens with one attached hydrogen (secondary N) is 2. The molecule has 3 aromatic carbocycles. The van der Waals surface area contributed by atoms with Crippen LogP contribution in [0.4, 0.5) is 5.69 Å². The Labute approximate surface area is 151 Å². The van der Waals surface area contributed by atoms with Gasteiger partial charge in [0, 0.05) is 11.3 Å². The Morgan fingerprint density at radius 3 is 2.19 bits per heavy atom. The number of fused-ring (bicyclic) bond motifs is 1. The first-order chi connectivity index (χ1) is 12.7. The summed E-state index contributed by atoms with van der Waals surface area (Å²) in [4.78, 5) is 25.7. The van der Waals surface area contributed by atoms with Crippen LogP contribution in [0.1, 0.15) is 32.4 Å². The van der Waals surface area contributed by atoms with Gasteiger partial charge in [-0.2, -0.15) is 0 Å². The van der Waals surface area contributed by atoms with Crippen molar-refractivity contribution in [2.75, 3.05) is 5.32 Å². The molecule has 0 saturated heterocycles. The Hall–Kier alpha value is -3.60. The summed E-state index contributed by atoms with van der Waals surface area (Å²) in [5.41, 5.74) is 5.39. The number of rotatable bonds is 3. The topological polar surface area (TPSA) is 61.4 Å². The predicted molar refractivity (Wildman–Crippen MR) is 99.3 cm³/mol. The summed E-state index contributed by atoms with van der Waals surface area (Å²) in [6, 6.07) is 25.7. The highest BCUT2D eigenvalue weighted by Crippen LogP contribution is 2.31. The van der Waals surface area contributed by atoms with Crippen LogP contribution in [0.15, 0.2) is 84.9 Å². The number of hydrogen-bond donors (Lipinski definition) is 2. The van der Waals surface area contributed by atoms with Gasteiger partial charge in [-0.1, -0.05) is 60.7 Å². The van der Waals surface area contributed by atoms with Crippen LogP contribution in [0.5, 0.6) is 0 Å². The lowest BCUT2D eigenvalue weighted by Gasteiger charge is -2.37. The van der Waals surface area contributed by atoms with Gasteiger partial charge in [0.1, 0.15) is 6.17 Å². The maximum atomic E-state index is 13.0. The van der Waals surface area contributed by atoms with Crippen LogP contribution in [0.25, 0.3) is 0 Å².